The van der Waals surface area contributed by atoms with Gasteiger partial charge >= 0.3 is 0 Å². The molecule has 5 aliphatic heterocycles. The fraction of sp³-hybridized carbons (Fsp3) is 0.176. The highest BCUT2D eigenvalue weighted by Crippen LogP contribution is 2.50. The normalized spacial score (nSPS) is 19.3. The summed E-state index contributed by atoms with van der Waals surface area (Å²) in [6.45, 7) is 3.29. The lowest BCUT2D eigenvalue weighted by atomic mass is 9.72. The van der Waals surface area contributed by atoms with Gasteiger partial charge in [-0.1, -0.05) is 170 Å². The molecule has 80 heavy (non-hydrogen) atoms. The Labute approximate surface area is 460 Å². The third-order valence-electron chi connectivity index (χ3n) is 17.9. The van der Waals surface area contributed by atoms with Gasteiger partial charge in [-0.25, -0.2) is 20.0 Å². The van der Waals surface area contributed by atoms with E-state index in [0.29, 0.717) is 34.2 Å². The summed E-state index contributed by atoms with van der Waals surface area (Å²) >= 11 is 0. The Morgan fingerprint density at radius 2 is 0.525 bits per heavy atom. The van der Waals surface area contributed by atoms with Crippen molar-refractivity contribution in [2.24, 2.45) is 20.0 Å². The number of rotatable bonds is 4. The zero-order valence-corrected chi connectivity index (χ0v) is 43.9. The van der Waals surface area contributed by atoms with Gasteiger partial charge in [-0.15, -0.1) is 0 Å². The van der Waals surface area contributed by atoms with Crippen LogP contribution in [0.15, 0.2) is 190 Å². The molecule has 0 radical (unpaired) electrons. The first-order valence-electron chi connectivity index (χ1n) is 28.4. The molecule has 8 N–H and O–H groups in total. The van der Waals surface area contributed by atoms with Crippen LogP contribution in [0.5, 0.6) is 0 Å². The number of hydrogen-bond acceptors (Lipinski definition) is 8. The summed E-state index contributed by atoms with van der Waals surface area (Å²) < 4.78 is 0. The van der Waals surface area contributed by atoms with Crippen molar-refractivity contribution in [2.75, 3.05) is 26.2 Å². The van der Waals surface area contributed by atoms with Crippen LogP contribution in [-0.2, 0) is 25.7 Å². The van der Waals surface area contributed by atoms with E-state index in [9.17, 15) is 0 Å². The van der Waals surface area contributed by atoms with E-state index in [1.165, 1.54) is 66.8 Å². The molecule has 388 valence electrons. The predicted octanol–water partition coefficient (Wildman–Crippen LogP) is 10.7. The molecular weight excluding hydrogens is 985 g/mol. The molecule has 12 aromatic rings. The molecule has 9 heterocycles. The summed E-state index contributed by atoms with van der Waals surface area (Å²) in [7, 11) is 0. The molecule has 8 bridgehead atoms. The van der Waals surface area contributed by atoms with Gasteiger partial charge in [0.15, 0.2) is 0 Å². The first kappa shape index (κ1) is 45.9. The third-order valence-corrected chi connectivity index (χ3v) is 17.9. The average molecular weight is 1040 g/mol. The third kappa shape index (κ3) is 7.09. The summed E-state index contributed by atoms with van der Waals surface area (Å²) in [6.07, 6.45) is 3.74. The van der Waals surface area contributed by atoms with Gasteiger partial charge in [-0.05, 0) is 92.4 Å². The van der Waals surface area contributed by atoms with Gasteiger partial charge in [0.2, 0.25) is 0 Å². The molecule has 4 aromatic heterocycles. The fourth-order valence-electron chi connectivity index (χ4n) is 14.4. The van der Waals surface area contributed by atoms with E-state index in [2.05, 4.69) is 211 Å². The van der Waals surface area contributed by atoms with Gasteiger partial charge in [0, 0.05) is 69.3 Å². The SMILES string of the molecule is c1ccc2c(c1)CCNC2c1c(C2NCCc3ccccc32)c(C2NCCc3ccccc32)c2c3[nH]c(c2c1C1NCCc2ccccc21)=Nc1[nH]c(c2ccccc12)N=c1[nH]c(c2ccccc12)=Nc1[nH]c(c2ccccc12)N=3. The highest BCUT2D eigenvalue weighted by atomic mass is 15.1. The van der Waals surface area contributed by atoms with Crippen LogP contribution in [0.4, 0.5) is 23.3 Å². The predicted molar refractivity (Wildman–Crippen MR) is 316 cm³/mol. The Kier molecular flexibility index (Phi) is 10.5. The van der Waals surface area contributed by atoms with E-state index in [1.807, 2.05) is 0 Å². The Hall–Kier alpha value is -9.04. The van der Waals surface area contributed by atoms with Crippen LogP contribution in [0, 0.1) is 0 Å². The van der Waals surface area contributed by atoms with Crippen LogP contribution in [-0.4, -0.2) is 46.1 Å². The fourth-order valence-corrected chi connectivity index (χ4v) is 14.4. The van der Waals surface area contributed by atoms with Crippen LogP contribution < -0.4 is 43.2 Å². The van der Waals surface area contributed by atoms with Crippen molar-refractivity contribution in [3.8, 4) is 0 Å². The number of aromatic amines is 4. The number of aromatic nitrogens is 4. The van der Waals surface area contributed by atoms with Crippen molar-refractivity contribution in [3.05, 3.63) is 259 Å². The second kappa shape index (κ2) is 18.3. The van der Waals surface area contributed by atoms with Crippen molar-refractivity contribution in [3.63, 3.8) is 0 Å². The van der Waals surface area contributed by atoms with Crippen LogP contribution in [0.2, 0.25) is 0 Å². The topological polar surface area (TPSA) is 161 Å². The Balaban J connectivity index is 1.13. The molecule has 0 fully saturated rings. The molecule has 0 amide bonds. The minimum atomic E-state index is -0.226. The summed E-state index contributed by atoms with van der Waals surface area (Å²) in [5.41, 5.74) is 18.4. The summed E-state index contributed by atoms with van der Waals surface area (Å²) in [5, 5.41) is 24.8. The second-order valence-corrected chi connectivity index (χ2v) is 22.1. The lowest BCUT2D eigenvalue weighted by Crippen LogP contribution is -2.40. The number of nitrogens with zero attached hydrogens (tertiary/aromatic N) is 4. The van der Waals surface area contributed by atoms with E-state index in [1.54, 1.807) is 0 Å². The molecule has 12 heteroatoms. The number of H-pyrrole nitrogens is 4. The maximum Gasteiger partial charge on any atom is 0.142 e. The van der Waals surface area contributed by atoms with Crippen LogP contribution in [0.3, 0.4) is 0 Å². The molecule has 5 aliphatic rings. The zero-order valence-electron chi connectivity index (χ0n) is 43.9. The highest BCUT2D eigenvalue weighted by Gasteiger charge is 2.41. The largest absolute Gasteiger partial charge is 0.324 e. The summed E-state index contributed by atoms with van der Waals surface area (Å²) in [6, 6.07) is 60.9. The number of benzene rings is 8. The van der Waals surface area contributed by atoms with Crippen molar-refractivity contribution in [2.45, 2.75) is 49.9 Å². The maximum atomic E-state index is 5.95. The second-order valence-electron chi connectivity index (χ2n) is 22.1. The number of nitrogens with one attached hydrogen (secondary N) is 8. The Morgan fingerprint density at radius 1 is 0.263 bits per heavy atom. The lowest BCUT2D eigenvalue weighted by Gasteiger charge is -2.41. The molecular formula is C68H56N12. The summed E-state index contributed by atoms with van der Waals surface area (Å²) in [5.74, 6) is 2.82. The molecule has 17 rings (SSSR count). The monoisotopic (exact) mass is 1040 g/mol. The van der Waals surface area contributed by atoms with Crippen LogP contribution in [0.1, 0.15) is 90.9 Å². The van der Waals surface area contributed by atoms with E-state index >= 15 is 0 Å². The quantitative estimate of drug-likeness (QED) is 0.0882. The van der Waals surface area contributed by atoms with Crippen LogP contribution in [0.25, 0.3) is 43.1 Å². The molecule has 0 saturated heterocycles. The first-order valence-corrected chi connectivity index (χ1v) is 28.4. The Morgan fingerprint density at radius 3 is 0.863 bits per heavy atom. The Bertz CT molecular complexity index is 4510. The number of hydrogen-bond donors (Lipinski definition) is 8. The molecule has 0 saturated carbocycles. The van der Waals surface area contributed by atoms with Crippen molar-refractivity contribution < 1.29 is 0 Å². The van der Waals surface area contributed by atoms with E-state index < -0.39 is 0 Å². The van der Waals surface area contributed by atoms with Crippen molar-refractivity contribution in [1.29, 1.82) is 0 Å². The molecule has 8 aromatic carbocycles. The maximum absolute atomic E-state index is 5.95. The summed E-state index contributed by atoms with van der Waals surface area (Å²) in [4.78, 5) is 38.1. The van der Waals surface area contributed by atoms with E-state index in [-0.39, 0.29) is 24.2 Å². The van der Waals surface area contributed by atoms with Gasteiger partial charge in [0.25, 0.3) is 0 Å². The van der Waals surface area contributed by atoms with Gasteiger partial charge in [0.1, 0.15) is 45.2 Å². The molecule has 0 aliphatic carbocycles. The minimum Gasteiger partial charge on any atom is -0.324 e. The molecule has 0 spiro atoms. The smallest absolute Gasteiger partial charge is 0.142 e. The standard InChI is InChI=1S/C68H56N12/c1-5-19-41-37(15-1)29-33-69-57(41)51-52(58-42-20-6-2-16-38(42)30-34-70-58)54(60-44-22-8-4-18-40(44)32-36-72-60)56-55(53(51)59-43-21-7-3-17-39(43)31-35-71-59)67-78-65-49-27-13-11-25-47(49)63(76-65)74-61-45-23-9-10-24-46(45)62(73-61)75-64-48-26-12-14-28-50(48)66(77-64)79-68(56)80-67/h1-28,57-60,69-72H,29-36H2,(H4,73,74,75,76,77,78,79,80). The van der Waals surface area contributed by atoms with Crippen molar-refractivity contribution in [1.82, 2.24) is 41.2 Å². The van der Waals surface area contributed by atoms with Gasteiger partial charge in [-0.3, -0.25) is 0 Å². The molecule has 4 unspecified atom stereocenters. The first-order chi connectivity index (χ1) is 39.7. The number of fused-ring (bicyclic) bond motifs is 24. The zero-order chi connectivity index (χ0) is 52.4. The molecule has 4 atom stereocenters. The van der Waals surface area contributed by atoms with Crippen molar-refractivity contribution >= 4 is 66.4 Å². The minimum absolute atomic E-state index is 0.183. The van der Waals surface area contributed by atoms with Gasteiger partial charge < -0.3 is 41.2 Å². The van der Waals surface area contributed by atoms with Crippen LogP contribution >= 0.6 is 0 Å². The lowest BCUT2D eigenvalue weighted by molar-refractivity contribution is 0.506. The molecule has 12 nitrogen and oxygen atoms in total. The van der Waals surface area contributed by atoms with E-state index in [0.717, 1.165) is 106 Å². The van der Waals surface area contributed by atoms with Gasteiger partial charge in [0.05, 0.1) is 24.2 Å². The highest BCUT2D eigenvalue weighted by molar-refractivity contribution is 6.02. The van der Waals surface area contributed by atoms with Gasteiger partial charge in [-0.2, -0.15) is 0 Å². The average Bonchev–Trinajstić information content (AvgIpc) is 3.75. The van der Waals surface area contributed by atoms with E-state index in [4.69, 9.17) is 20.0 Å².